The molecule has 0 spiro atoms. The SMILES string of the molecule is COc1ccc(-c2ccc(CCC(=O)N[C@@H]3CCCc4ccccc43)n2-c2ccc(SC)cc2)cc1. The van der Waals surface area contributed by atoms with Crippen molar-refractivity contribution in [3.05, 3.63) is 102 Å². The Morgan fingerprint density at radius 3 is 2.53 bits per heavy atom. The number of nitrogens with one attached hydrogen (secondary N) is 1. The molecular weight excluding hydrogens is 464 g/mol. The molecule has 5 rings (SSSR count). The highest BCUT2D eigenvalue weighted by Crippen LogP contribution is 2.31. The van der Waals surface area contributed by atoms with Crippen LogP contribution in [0.5, 0.6) is 5.75 Å². The van der Waals surface area contributed by atoms with E-state index in [0.717, 1.165) is 47.7 Å². The third kappa shape index (κ3) is 5.21. The molecule has 5 heteroatoms. The van der Waals surface area contributed by atoms with Crippen LogP contribution in [-0.4, -0.2) is 23.8 Å². The molecule has 0 fully saturated rings. The number of nitrogens with zero attached hydrogens (tertiary/aromatic N) is 1. The maximum absolute atomic E-state index is 13.0. The van der Waals surface area contributed by atoms with Gasteiger partial charge in [0.25, 0.3) is 0 Å². The van der Waals surface area contributed by atoms with Crippen molar-refractivity contribution in [1.29, 1.82) is 0 Å². The number of benzene rings is 3. The third-order valence-electron chi connectivity index (χ3n) is 6.99. The first kappa shape index (κ1) is 24.3. The number of rotatable bonds is 8. The van der Waals surface area contributed by atoms with Gasteiger partial charge in [-0.1, -0.05) is 24.3 Å². The van der Waals surface area contributed by atoms with Gasteiger partial charge in [-0.25, -0.2) is 0 Å². The van der Waals surface area contributed by atoms with Gasteiger partial charge < -0.3 is 14.6 Å². The summed E-state index contributed by atoms with van der Waals surface area (Å²) in [6.45, 7) is 0. The van der Waals surface area contributed by atoms with Crippen molar-refractivity contribution < 1.29 is 9.53 Å². The van der Waals surface area contributed by atoms with Crippen molar-refractivity contribution in [2.45, 2.75) is 43.0 Å². The minimum atomic E-state index is 0.105. The fourth-order valence-corrected chi connectivity index (χ4v) is 5.52. The molecule has 0 radical (unpaired) electrons. The van der Waals surface area contributed by atoms with Crippen molar-refractivity contribution in [2.24, 2.45) is 0 Å². The van der Waals surface area contributed by atoms with Crippen LogP contribution in [0.1, 0.15) is 42.1 Å². The number of fused-ring (bicyclic) bond motifs is 1. The molecule has 1 N–H and O–H groups in total. The largest absolute Gasteiger partial charge is 0.497 e. The number of carbonyl (C=O) groups is 1. The Kier molecular flexibility index (Phi) is 7.47. The zero-order valence-electron chi connectivity index (χ0n) is 20.9. The monoisotopic (exact) mass is 496 g/mol. The number of hydrogen-bond donors (Lipinski definition) is 1. The average molecular weight is 497 g/mol. The van der Waals surface area contributed by atoms with Crippen LogP contribution in [0.4, 0.5) is 0 Å². The fourth-order valence-electron chi connectivity index (χ4n) is 5.11. The van der Waals surface area contributed by atoms with Crippen LogP contribution in [-0.2, 0) is 17.6 Å². The number of ether oxygens (including phenoxy) is 1. The first-order valence-corrected chi connectivity index (χ1v) is 13.8. The van der Waals surface area contributed by atoms with Gasteiger partial charge >= 0.3 is 0 Å². The van der Waals surface area contributed by atoms with Gasteiger partial charge in [-0.05, 0) is 109 Å². The highest BCUT2D eigenvalue weighted by molar-refractivity contribution is 7.98. The number of thioether (sulfide) groups is 1. The highest BCUT2D eigenvalue weighted by Gasteiger charge is 2.21. The molecule has 1 atom stereocenters. The lowest BCUT2D eigenvalue weighted by Crippen LogP contribution is -2.31. The highest BCUT2D eigenvalue weighted by atomic mass is 32.2. The molecule has 3 aromatic carbocycles. The summed E-state index contributed by atoms with van der Waals surface area (Å²) in [5.41, 5.74) is 7.07. The van der Waals surface area contributed by atoms with Crippen molar-refractivity contribution >= 4 is 17.7 Å². The average Bonchev–Trinajstić information content (AvgIpc) is 3.36. The van der Waals surface area contributed by atoms with E-state index in [1.54, 1.807) is 18.9 Å². The van der Waals surface area contributed by atoms with Gasteiger partial charge in [-0.15, -0.1) is 11.8 Å². The number of methoxy groups -OCH3 is 1. The molecule has 1 aliphatic rings. The van der Waals surface area contributed by atoms with Crippen LogP contribution in [0.2, 0.25) is 0 Å². The lowest BCUT2D eigenvalue weighted by atomic mass is 9.87. The smallest absolute Gasteiger partial charge is 0.220 e. The van der Waals surface area contributed by atoms with Crippen molar-refractivity contribution in [1.82, 2.24) is 9.88 Å². The predicted molar refractivity (Wildman–Crippen MR) is 148 cm³/mol. The maximum atomic E-state index is 13.0. The van der Waals surface area contributed by atoms with Gasteiger partial charge in [-0.3, -0.25) is 4.79 Å². The summed E-state index contributed by atoms with van der Waals surface area (Å²) in [4.78, 5) is 14.3. The Hall–Kier alpha value is -3.44. The van der Waals surface area contributed by atoms with Crippen LogP contribution < -0.4 is 10.1 Å². The Morgan fingerprint density at radius 2 is 1.78 bits per heavy atom. The zero-order valence-corrected chi connectivity index (χ0v) is 21.7. The Morgan fingerprint density at radius 1 is 1.00 bits per heavy atom. The molecule has 1 aromatic heterocycles. The van der Waals surface area contributed by atoms with E-state index in [2.05, 4.69) is 88.9 Å². The van der Waals surface area contributed by atoms with E-state index >= 15 is 0 Å². The first-order valence-electron chi connectivity index (χ1n) is 12.5. The van der Waals surface area contributed by atoms with E-state index in [1.165, 1.54) is 16.0 Å². The van der Waals surface area contributed by atoms with Crippen LogP contribution in [0, 0.1) is 0 Å². The summed E-state index contributed by atoms with van der Waals surface area (Å²) in [6.07, 6.45) is 6.42. The summed E-state index contributed by atoms with van der Waals surface area (Å²) < 4.78 is 7.62. The van der Waals surface area contributed by atoms with Crippen LogP contribution in [0.25, 0.3) is 16.9 Å². The molecule has 4 nitrogen and oxygen atoms in total. The normalized spacial score (nSPS) is 14.8. The summed E-state index contributed by atoms with van der Waals surface area (Å²) in [5.74, 6) is 0.940. The van der Waals surface area contributed by atoms with Gasteiger partial charge in [0.1, 0.15) is 5.75 Å². The molecule has 0 saturated carbocycles. The Labute approximate surface area is 217 Å². The molecule has 184 valence electrons. The summed E-state index contributed by atoms with van der Waals surface area (Å²) >= 11 is 1.73. The quantitative estimate of drug-likeness (QED) is 0.267. The van der Waals surface area contributed by atoms with E-state index in [1.807, 2.05) is 12.1 Å². The third-order valence-corrected chi connectivity index (χ3v) is 7.73. The number of aromatic nitrogens is 1. The van der Waals surface area contributed by atoms with Crippen LogP contribution >= 0.6 is 11.8 Å². The van der Waals surface area contributed by atoms with Gasteiger partial charge in [0, 0.05) is 22.7 Å². The van der Waals surface area contributed by atoms with E-state index < -0.39 is 0 Å². The maximum Gasteiger partial charge on any atom is 0.220 e. The molecule has 0 aliphatic heterocycles. The molecule has 1 aliphatic carbocycles. The van der Waals surface area contributed by atoms with Gasteiger partial charge in [0.15, 0.2) is 0 Å². The summed E-state index contributed by atoms with van der Waals surface area (Å²) in [6, 6.07) is 29.6. The Bertz CT molecular complexity index is 1330. The second-order valence-electron chi connectivity index (χ2n) is 9.18. The van der Waals surface area contributed by atoms with Gasteiger partial charge in [0.05, 0.1) is 18.8 Å². The first-order chi connectivity index (χ1) is 17.7. The molecule has 0 bridgehead atoms. The molecule has 0 saturated heterocycles. The number of carbonyl (C=O) groups excluding carboxylic acids is 1. The summed E-state index contributed by atoms with van der Waals surface area (Å²) in [5, 5.41) is 3.31. The molecule has 1 heterocycles. The van der Waals surface area contributed by atoms with Gasteiger partial charge in [0.2, 0.25) is 5.91 Å². The van der Waals surface area contributed by atoms with E-state index in [9.17, 15) is 4.79 Å². The van der Waals surface area contributed by atoms with E-state index in [-0.39, 0.29) is 11.9 Å². The van der Waals surface area contributed by atoms with E-state index in [0.29, 0.717) is 12.8 Å². The Balaban J connectivity index is 1.38. The fraction of sp³-hybridized carbons (Fsp3) is 0.258. The minimum Gasteiger partial charge on any atom is -0.497 e. The van der Waals surface area contributed by atoms with Gasteiger partial charge in [-0.2, -0.15) is 0 Å². The molecule has 36 heavy (non-hydrogen) atoms. The lowest BCUT2D eigenvalue weighted by Gasteiger charge is -2.26. The van der Waals surface area contributed by atoms with Crippen molar-refractivity contribution in [3.63, 3.8) is 0 Å². The topological polar surface area (TPSA) is 43.3 Å². The zero-order chi connectivity index (χ0) is 24.9. The predicted octanol–water partition coefficient (Wildman–Crippen LogP) is 7.00. The lowest BCUT2D eigenvalue weighted by molar-refractivity contribution is -0.121. The summed E-state index contributed by atoms with van der Waals surface area (Å²) in [7, 11) is 1.68. The molecule has 1 amide bonds. The molecule has 0 unspecified atom stereocenters. The van der Waals surface area contributed by atoms with Crippen molar-refractivity contribution in [3.8, 4) is 22.7 Å². The molecular formula is C31H32N2O2S. The van der Waals surface area contributed by atoms with Crippen LogP contribution in [0.3, 0.4) is 0 Å². The second-order valence-corrected chi connectivity index (χ2v) is 10.1. The second kappa shape index (κ2) is 11.1. The van der Waals surface area contributed by atoms with Crippen LogP contribution in [0.15, 0.2) is 89.8 Å². The minimum absolute atomic E-state index is 0.105. The molecule has 4 aromatic rings. The number of hydrogen-bond acceptors (Lipinski definition) is 3. The van der Waals surface area contributed by atoms with Crippen molar-refractivity contribution in [2.75, 3.05) is 13.4 Å². The number of aryl methyl sites for hydroxylation is 2. The number of amides is 1. The standard InChI is InChI=1S/C31H32N2O2S/c1-35-26-16-10-23(11-17-26)30-20-14-25(33(30)24-12-18-27(36-2)19-13-24)15-21-31(34)32-29-9-5-7-22-6-3-4-8-28(22)29/h3-4,6,8,10-14,16-20,29H,5,7,9,15,21H2,1-2H3,(H,32,34)/t29-/m1/s1. The van der Waals surface area contributed by atoms with E-state index in [4.69, 9.17) is 4.74 Å².